The van der Waals surface area contributed by atoms with E-state index in [4.69, 9.17) is 28.4 Å². The Labute approximate surface area is 122 Å². The molecular weight excluding hydrogens is 264 g/mol. The van der Waals surface area contributed by atoms with Gasteiger partial charge in [0.05, 0.1) is 39.6 Å². The maximum absolute atomic E-state index is 5.82. The molecule has 0 atom stereocenters. The van der Waals surface area contributed by atoms with Gasteiger partial charge in [0.2, 0.25) is 0 Å². The van der Waals surface area contributed by atoms with Crippen LogP contribution in [0.5, 0.6) is 0 Å². The Morgan fingerprint density at radius 1 is 0.600 bits per heavy atom. The Morgan fingerprint density at radius 2 is 1.05 bits per heavy atom. The third-order valence-corrected chi connectivity index (χ3v) is 3.05. The fraction of sp³-hybridized carbons (Fsp3) is 1.00. The van der Waals surface area contributed by atoms with Crippen molar-refractivity contribution < 1.29 is 28.4 Å². The van der Waals surface area contributed by atoms with Gasteiger partial charge in [-0.15, -0.1) is 0 Å². The number of hydrogen-bond donors (Lipinski definition) is 0. The standard InChI is InChI=1S/C14H30O6/c1-13(7-15-2,8-16-3)9-20-12-14(19-6,10-17-4)11-18-5/h7-12H2,1-6H3. The first-order chi connectivity index (χ1) is 9.51. The molecule has 0 aromatic rings. The Hall–Kier alpha value is -0.240. The predicted molar refractivity (Wildman–Crippen MR) is 76.2 cm³/mol. The summed E-state index contributed by atoms with van der Waals surface area (Å²) in [5, 5.41) is 0. The summed E-state index contributed by atoms with van der Waals surface area (Å²) < 4.78 is 32.2. The van der Waals surface area contributed by atoms with Gasteiger partial charge in [-0.05, 0) is 0 Å². The van der Waals surface area contributed by atoms with Gasteiger partial charge in [-0.3, -0.25) is 0 Å². The quantitative estimate of drug-likeness (QED) is 0.505. The van der Waals surface area contributed by atoms with Crippen molar-refractivity contribution in [3.63, 3.8) is 0 Å². The fourth-order valence-electron chi connectivity index (χ4n) is 2.13. The number of methoxy groups -OCH3 is 5. The summed E-state index contributed by atoms with van der Waals surface area (Å²) in [7, 11) is 8.23. The molecule has 0 saturated heterocycles. The molecule has 0 rings (SSSR count). The van der Waals surface area contributed by atoms with Crippen LogP contribution in [0.2, 0.25) is 0 Å². The molecule has 0 spiro atoms. The Morgan fingerprint density at radius 3 is 1.40 bits per heavy atom. The second kappa shape index (κ2) is 10.5. The van der Waals surface area contributed by atoms with E-state index in [1.54, 1.807) is 35.5 Å². The summed E-state index contributed by atoms with van der Waals surface area (Å²) in [5.41, 5.74) is -0.784. The molecule has 0 fully saturated rings. The molecule has 6 nitrogen and oxygen atoms in total. The largest absolute Gasteiger partial charge is 0.384 e. The average molecular weight is 294 g/mol. The molecule has 0 aromatic heterocycles. The highest BCUT2D eigenvalue weighted by Crippen LogP contribution is 2.20. The fourth-order valence-corrected chi connectivity index (χ4v) is 2.13. The van der Waals surface area contributed by atoms with E-state index >= 15 is 0 Å². The van der Waals surface area contributed by atoms with E-state index in [1.165, 1.54) is 0 Å². The zero-order valence-electron chi connectivity index (χ0n) is 13.7. The summed E-state index contributed by atoms with van der Waals surface area (Å²) in [6.07, 6.45) is 0. The molecule has 122 valence electrons. The lowest BCUT2D eigenvalue weighted by Gasteiger charge is -2.33. The Balaban J connectivity index is 4.45. The van der Waals surface area contributed by atoms with Crippen LogP contribution in [0.25, 0.3) is 0 Å². The van der Waals surface area contributed by atoms with E-state index in [0.717, 1.165) is 0 Å². The SMILES string of the molecule is COCC(C)(COC)COCC(COC)(COC)OC. The van der Waals surface area contributed by atoms with Gasteiger partial charge >= 0.3 is 0 Å². The second-order valence-electron chi connectivity index (χ2n) is 5.42. The number of hydrogen-bond acceptors (Lipinski definition) is 6. The molecular formula is C14H30O6. The zero-order valence-corrected chi connectivity index (χ0v) is 13.7. The van der Waals surface area contributed by atoms with E-state index in [1.807, 2.05) is 0 Å². The number of ether oxygens (including phenoxy) is 6. The third kappa shape index (κ3) is 6.97. The lowest BCUT2D eigenvalue weighted by atomic mass is 9.94. The lowest BCUT2D eigenvalue weighted by molar-refractivity contribution is -0.152. The molecule has 0 N–H and O–H groups in total. The minimum Gasteiger partial charge on any atom is -0.384 e. The smallest absolute Gasteiger partial charge is 0.137 e. The van der Waals surface area contributed by atoms with Crippen molar-refractivity contribution in [3.8, 4) is 0 Å². The van der Waals surface area contributed by atoms with Gasteiger partial charge in [0.25, 0.3) is 0 Å². The van der Waals surface area contributed by atoms with Gasteiger partial charge in [0.1, 0.15) is 5.60 Å². The van der Waals surface area contributed by atoms with Crippen molar-refractivity contribution in [2.24, 2.45) is 5.41 Å². The van der Waals surface area contributed by atoms with Gasteiger partial charge in [-0.2, -0.15) is 0 Å². The van der Waals surface area contributed by atoms with Crippen molar-refractivity contribution in [3.05, 3.63) is 0 Å². The van der Waals surface area contributed by atoms with E-state index in [9.17, 15) is 0 Å². The molecule has 0 radical (unpaired) electrons. The van der Waals surface area contributed by atoms with E-state index in [2.05, 4.69) is 6.92 Å². The van der Waals surface area contributed by atoms with Crippen LogP contribution in [0, 0.1) is 5.41 Å². The highest BCUT2D eigenvalue weighted by Gasteiger charge is 2.33. The van der Waals surface area contributed by atoms with Crippen molar-refractivity contribution in [2.75, 3.05) is 75.2 Å². The average Bonchev–Trinajstić information content (AvgIpc) is 2.39. The molecule has 0 aliphatic rings. The van der Waals surface area contributed by atoms with Crippen LogP contribution in [0.4, 0.5) is 0 Å². The molecule has 0 heterocycles. The van der Waals surface area contributed by atoms with Gasteiger partial charge < -0.3 is 28.4 Å². The summed E-state index contributed by atoms with van der Waals surface area (Å²) in [5.74, 6) is 0. The molecule has 0 amide bonds. The van der Waals surface area contributed by atoms with Crippen molar-refractivity contribution in [2.45, 2.75) is 12.5 Å². The van der Waals surface area contributed by atoms with Gasteiger partial charge in [0, 0.05) is 41.0 Å². The van der Waals surface area contributed by atoms with Crippen molar-refractivity contribution in [1.82, 2.24) is 0 Å². The van der Waals surface area contributed by atoms with Crippen LogP contribution >= 0.6 is 0 Å². The molecule has 0 unspecified atom stereocenters. The van der Waals surface area contributed by atoms with Crippen LogP contribution < -0.4 is 0 Å². The lowest BCUT2D eigenvalue weighted by Crippen LogP contribution is -2.47. The molecule has 0 aliphatic heterocycles. The van der Waals surface area contributed by atoms with E-state index < -0.39 is 5.60 Å². The molecule has 0 aromatic carbocycles. The first-order valence-corrected chi connectivity index (χ1v) is 6.60. The minimum absolute atomic E-state index is 0.191. The molecule has 0 bridgehead atoms. The van der Waals surface area contributed by atoms with Crippen LogP contribution in [0.1, 0.15) is 6.92 Å². The Bertz CT molecular complexity index is 222. The van der Waals surface area contributed by atoms with Gasteiger partial charge in [-0.25, -0.2) is 0 Å². The predicted octanol–water partition coefficient (Wildman–Crippen LogP) is 0.980. The second-order valence-corrected chi connectivity index (χ2v) is 5.42. The van der Waals surface area contributed by atoms with Crippen LogP contribution in [0.3, 0.4) is 0 Å². The minimum atomic E-state index is -0.593. The maximum atomic E-state index is 5.82. The summed E-state index contributed by atoms with van der Waals surface area (Å²) >= 11 is 0. The van der Waals surface area contributed by atoms with Gasteiger partial charge in [0.15, 0.2) is 0 Å². The maximum Gasteiger partial charge on any atom is 0.137 e. The third-order valence-electron chi connectivity index (χ3n) is 3.05. The van der Waals surface area contributed by atoms with Crippen LogP contribution in [-0.2, 0) is 28.4 Å². The molecule has 0 saturated carbocycles. The first kappa shape index (κ1) is 19.8. The van der Waals surface area contributed by atoms with Crippen LogP contribution in [-0.4, -0.2) is 80.8 Å². The highest BCUT2D eigenvalue weighted by atomic mass is 16.6. The Kier molecular flexibility index (Phi) is 10.4. The molecule has 0 aliphatic carbocycles. The first-order valence-electron chi connectivity index (χ1n) is 6.60. The highest BCUT2D eigenvalue weighted by molar-refractivity contribution is 4.81. The van der Waals surface area contributed by atoms with Crippen molar-refractivity contribution >= 4 is 0 Å². The normalized spacial score (nSPS) is 12.9. The molecule has 20 heavy (non-hydrogen) atoms. The summed E-state index contributed by atoms with van der Waals surface area (Å²) in [6, 6.07) is 0. The summed E-state index contributed by atoms with van der Waals surface area (Å²) in [6.45, 7) is 4.89. The van der Waals surface area contributed by atoms with Crippen LogP contribution in [0.15, 0.2) is 0 Å². The number of rotatable bonds is 13. The monoisotopic (exact) mass is 294 g/mol. The zero-order chi connectivity index (χ0) is 15.5. The van der Waals surface area contributed by atoms with Crippen molar-refractivity contribution in [1.29, 1.82) is 0 Å². The molecule has 6 heteroatoms. The van der Waals surface area contributed by atoms with E-state index in [-0.39, 0.29) is 5.41 Å². The summed E-state index contributed by atoms with van der Waals surface area (Å²) in [4.78, 5) is 0. The van der Waals surface area contributed by atoms with E-state index in [0.29, 0.717) is 39.6 Å². The topological polar surface area (TPSA) is 55.4 Å². The van der Waals surface area contributed by atoms with Gasteiger partial charge in [-0.1, -0.05) is 6.92 Å².